The van der Waals surface area contributed by atoms with Crippen LogP contribution in [0.25, 0.3) is 10.8 Å². The van der Waals surface area contributed by atoms with Gasteiger partial charge in [-0.15, -0.1) is 0 Å². The molecule has 0 saturated carbocycles. The van der Waals surface area contributed by atoms with Crippen molar-refractivity contribution in [2.45, 2.75) is 17.7 Å². The molecule has 0 fully saturated rings. The molecule has 2 aromatic rings. The lowest BCUT2D eigenvalue weighted by molar-refractivity contribution is -0.116. The Morgan fingerprint density at radius 3 is 2.67 bits per heavy atom. The molecule has 0 aliphatic carbocycles. The van der Waals surface area contributed by atoms with Crippen LogP contribution in [0.4, 0.5) is 0 Å². The molecule has 2 rings (SSSR count). The number of carbonyl (C=O) groups is 1. The molecule has 24 heavy (non-hydrogen) atoms. The molecule has 0 aliphatic heterocycles. The molecule has 128 valence electrons. The van der Waals surface area contributed by atoms with Crippen LogP contribution in [0.15, 0.2) is 53.9 Å². The average Bonchev–Trinajstić information content (AvgIpc) is 2.56. The van der Waals surface area contributed by atoms with Crippen molar-refractivity contribution >= 4 is 26.8 Å². The van der Waals surface area contributed by atoms with E-state index in [1.807, 2.05) is 12.1 Å². The number of amides is 1. The molecule has 0 aliphatic rings. The Labute approximate surface area is 140 Å². The van der Waals surface area contributed by atoms with Crippen LogP contribution in [0.1, 0.15) is 12.8 Å². The molecular formula is C17H19NO5S. The van der Waals surface area contributed by atoms with Gasteiger partial charge >= 0.3 is 0 Å². The highest BCUT2D eigenvalue weighted by atomic mass is 32.2. The Hall–Kier alpha value is -2.38. The number of fused-ring (bicyclic) bond motifs is 1. The number of nitrogens with one attached hydrogen (secondary N) is 1. The Kier molecular flexibility index (Phi) is 5.94. The van der Waals surface area contributed by atoms with E-state index in [9.17, 15) is 17.8 Å². The fraction of sp³-hybridized carbons (Fsp3) is 0.235. The maximum absolute atomic E-state index is 11.6. The normalized spacial score (nSPS) is 11.2. The molecule has 0 atom stereocenters. The quantitative estimate of drug-likeness (QED) is 0.434. The molecule has 0 heterocycles. The minimum absolute atomic E-state index is 0.144. The molecule has 0 saturated heterocycles. The van der Waals surface area contributed by atoms with Gasteiger partial charge in [0.15, 0.2) is 0 Å². The molecule has 1 amide bonds. The second-order valence-corrected chi connectivity index (χ2v) is 6.53. The van der Waals surface area contributed by atoms with E-state index in [0.717, 1.165) is 5.39 Å². The van der Waals surface area contributed by atoms with Crippen LogP contribution in [0, 0.1) is 0 Å². The van der Waals surface area contributed by atoms with Crippen molar-refractivity contribution in [3.63, 3.8) is 0 Å². The van der Waals surface area contributed by atoms with Gasteiger partial charge in [-0.3, -0.25) is 9.35 Å². The van der Waals surface area contributed by atoms with Gasteiger partial charge in [-0.25, -0.2) is 0 Å². The van der Waals surface area contributed by atoms with Gasteiger partial charge in [0.2, 0.25) is 5.91 Å². The summed E-state index contributed by atoms with van der Waals surface area (Å²) in [6.07, 6.45) is 2.49. The van der Waals surface area contributed by atoms with E-state index in [1.165, 1.54) is 12.1 Å². The number of benzene rings is 2. The van der Waals surface area contributed by atoms with Crippen molar-refractivity contribution in [1.82, 2.24) is 5.32 Å². The maximum Gasteiger partial charge on any atom is 0.298 e. The first kappa shape index (κ1) is 18.0. The monoisotopic (exact) mass is 349 g/mol. The zero-order valence-electron chi connectivity index (χ0n) is 13.1. The molecule has 0 spiro atoms. The van der Waals surface area contributed by atoms with Crippen molar-refractivity contribution in [3.05, 3.63) is 49.1 Å². The van der Waals surface area contributed by atoms with Crippen molar-refractivity contribution in [3.8, 4) is 5.75 Å². The summed E-state index contributed by atoms with van der Waals surface area (Å²) in [5, 5.41) is 4.08. The van der Waals surface area contributed by atoms with Crippen molar-refractivity contribution < 1.29 is 22.5 Å². The summed E-state index contributed by atoms with van der Waals surface area (Å²) in [5.41, 5.74) is 0. The zero-order chi connectivity index (χ0) is 17.6. The van der Waals surface area contributed by atoms with Crippen molar-refractivity contribution in [2.75, 3.05) is 13.2 Å². The zero-order valence-corrected chi connectivity index (χ0v) is 13.9. The topological polar surface area (TPSA) is 92.7 Å². The smallest absolute Gasteiger partial charge is 0.298 e. The number of unbranched alkanes of at least 4 members (excludes halogenated alkanes) is 1. The van der Waals surface area contributed by atoms with E-state index in [-0.39, 0.29) is 23.2 Å². The summed E-state index contributed by atoms with van der Waals surface area (Å²) in [6, 6.07) is 10.1. The van der Waals surface area contributed by atoms with Gasteiger partial charge in [0.25, 0.3) is 10.1 Å². The largest absolute Gasteiger partial charge is 0.491 e. The summed E-state index contributed by atoms with van der Waals surface area (Å²) in [6.45, 7) is 4.11. The van der Waals surface area contributed by atoms with Crippen molar-refractivity contribution in [1.29, 1.82) is 0 Å². The lowest BCUT2D eigenvalue weighted by atomic mass is 10.1. The van der Waals surface area contributed by atoms with E-state index in [1.54, 1.807) is 18.2 Å². The third-order valence-electron chi connectivity index (χ3n) is 3.42. The predicted molar refractivity (Wildman–Crippen MR) is 91.7 cm³/mol. The third kappa shape index (κ3) is 4.56. The minimum Gasteiger partial charge on any atom is -0.491 e. The van der Waals surface area contributed by atoms with E-state index >= 15 is 0 Å². The van der Waals surface area contributed by atoms with E-state index in [2.05, 4.69) is 11.9 Å². The third-order valence-corrected chi connectivity index (χ3v) is 4.30. The SMILES string of the molecule is C=CC(=O)NCCCCOc1c(S(=O)(=O)O)ccc2ccccc12. The lowest BCUT2D eigenvalue weighted by Crippen LogP contribution is -2.22. The molecule has 0 bridgehead atoms. The van der Waals surface area contributed by atoms with E-state index in [4.69, 9.17) is 4.74 Å². The summed E-state index contributed by atoms with van der Waals surface area (Å²) in [7, 11) is -4.38. The molecule has 2 aromatic carbocycles. The Morgan fingerprint density at radius 2 is 1.96 bits per heavy atom. The second-order valence-electron chi connectivity index (χ2n) is 5.14. The summed E-state index contributed by atoms with van der Waals surface area (Å²) in [4.78, 5) is 10.8. The van der Waals surface area contributed by atoms with Gasteiger partial charge in [0, 0.05) is 11.9 Å². The highest BCUT2D eigenvalue weighted by Gasteiger charge is 2.19. The van der Waals surface area contributed by atoms with Crippen LogP contribution in [0.2, 0.25) is 0 Å². The molecule has 6 nitrogen and oxygen atoms in total. The maximum atomic E-state index is 11.6. The van der Waals surface area contributed by atoms with Gasteiger partial charge < -0.3 is 10.1 Å². The molecule has 0 aromatic heterocycles. The van der Waals surface area contributed by atoms with Crippen LogP contribution in [-0.4, -0.2) is 32.0 Å². The molecule has 0 radical (unpaired) electrons. The fourth-order valence-electron chi connectivity index (χ4n) is 2.26. The molecular weight excluding hydrogens is 330 g/mol. The van der Waals surface area contributed by atoms with Crippen LogP contribution in [0.3, 0.4) is 0 Å². The highest BCUT2D eigenvalue weighted by molar-refractivity contribution is 7.86. The number of rotatable bonds is 8. The molecule has 0 unspecified atom stereocenters. The minimum atomic E-state index is -4.38. The predicted octanol–water partition coefficient (Wildman–Crippen LogP) is 2.55. The lowest BCUT2D eigenvalue weighted by Gasteiger charge is -2.13. The Morgan fingerprint density at radius 1 is 1.21 bits per heavy atom. The first-order valence-corrected chi connectivity index (χ1v) is 8.90. The summed E-state index contributed by atoms with van der Waals surface area (Å²) < 4.78 is 38.2. The molecule has 7 heteroatoms. The fourth-order valence-corrected chi connectivity index (χ4v) is 2.90. The van der Waals surface area contributed by atoms with Gasteiger partial charge in [-0.05, 0) is 30.4 Å². The highest BCUT2D eigenvalue weighted by Crippen LogP contribution is 2.33. The summed E-state index contributed by atoms with van der Waals surface area (Å²) >= 11 is 0. The standard InChI is InChI=1S/C17H19NO5S/c1-2-16(19)18-11-5-6-12-23-17-14-8-4-3-7-13(14)9-10-15(17)24(20,21)22/h2-4,7-10H,1,5-6,11-12H2,(H,18,19)(H,20,21,22). The van der Waals surface area contributed by atoms with Crippen LogP contribution in [0.5, 0.6) is 5.75 Å². The van der Waals surface area contributed by atoms with Crippen LogP contribution >= 0.6 is 0 Å². The Balaban J connectivity index is 2.09. The number of ether oxygens (including phenoxy) is 1. The first-order chi connectivity index (χ1) is 11.4. The number of hydrogen-bond donors (Lipinski definition) is 2. The summed E-state index contributed by atoms with van der Waals surface area (Å²) in [5.74, 6) is -0.0932. The van der Waals surface area contributed by atoms with Crippen molar-refractivity contribution in [2.24, 2.45) is 0 Å². The van der Waals surface area contributed by atoms with Gasteiger partial charge in [0.05, 0.1) is 6.61 Å². The van der Waals surface area contributed by atoms with Crippen LogP contribution in [-0.2, 0) is 14.9 Å². The Bertz CT molecular complexity index is 845. The second kappa shape index (κ2) is 7.94. The van der Waals surface area contributed by atoms with Crippen LogP contribution < -0.4 is 10.1 Å². The number of hydrogen-bond acceptors (Lipinski definition) is 4. The van der Waals surface area contributed by atoms with Gasteiger partial charge in [-0.1, -0.05) is 36.9 Å². The number of carbonyl (C=O) groups excluding carboxylic acids is 1. The van der Waals surface area contributed by atoms with E-state index in [0.29, 0.717) is 24.8 Å². The molecule has 2 N–H and O–H groups in total. The van der Waals surface area contributed by atoms with E-state index < -0.39 is 10.1 Å². The van der Waals surface area contributed by atoms with Gasteiger partial charge in [-0.2, -0.15) is 8.42 Å². The van der Waals surface area contributed by atoms with Gasteiger partial charge in [0.1, 0.15) is 10.6 Å². The average molecular weight is 349 g/mol. The first-order valence-electron chi connectivity index (χ1n) is 7.46.